The van der Waals surface area contributed by atoms with E-state index in [0.717, 1.165) is 19.4 Å². The highest BCUT2D eigenvalue weighted by atomic mass is 16.5. The van der Waals surface area contributed by atoms with E-state index in [9.17, 15) is 0 Å². The molecule has 0 unspecified atom stereocenters. The van der Waals surface area contributed by atoms with Crippen LogP contribution in [0.5, 0.6) is 6.01 Å². The molecule has 20 heavy (non-hydrogen) atoms. The lowest BCUT2D eigenvalue weighted by Crippen LogP contribution is -2.25. The molecule has 0 aromatic carbocycles. The largest absolute Gasteiger partial charge is 0.463 e. The minimum absolute atomic E-state index is 0.361. The maximum Gasteiger partial charge on any atom is 0.323 e. The maximum atomic E-state index is 5.51. The summed E-state index contributed by atoms with van der Waals surface area (Å²) in [5, 5.41) is 3.16. The normalized spacial score (nSPS) is 10.4. The van der Waals surface area contributed by atoms with E-state index in [1.54, 1.807) is 7.11 Å². The number of hydrogen-bond donors (Lipinski definition) is 1. The van der Waals surface area contributed by atoms with Crippen LogP contribution in [-0.4, -0.2) is 55.4 Å². The summed E-state index contributed by atoms with van der Waals surface area (Å²) < 4.78 is 10.6. The monoisotopic (exact) mass is 283 g/mol. The lowest BCUT2D eigenvalue weighted by Gasteiger charge is -2.17. The van der Waals surface area contributed by atoms with E-state index in [1.807, 2.05) is 18.9 Å². The van der Waals surface area contributed by atoms with Crippen molar-refractivity contribution < 1.29 is 9.47 Å². The zero-order valence-electron chi connectivity index (χ0n) is 12.8. The Labute approximate surface area is 120 Å². The Kier molecular flexibility index (Phi) is 7.64. The second-order valence-corrected chi connectivity index (χ2v) is 4.43. The van der Waals surface area contributed by atoms with Crippen LogP contribution >= 0.6 is 0 Å². The zero-order valence-corrected chi connectivity index (χ0v) is 12.8. The van der Waals surface area contributed by atoms with Crippen molar-refractivity contribution in [2.75, 3.05) is 50.7 Å². The summed E-state index contributed by atoms with van der Waals surface area (Å²) in [7, 11) is 3.59. The molecule has 0 bridgehead atoms. The van der Waals surface area contributed by atoms with E-state index in [2.05, 4.69) is 27.2 Å². The van der Waals surface area contributed by atoms with Gasteiger partial charge in [-0.05, 0) is 12.8 Å². The Balaban J connectivity index is 2.83. The van der Waals surface area contributed by atoms with Gasteiger partial charge in [-0.1, -0.05) is 13.8 Å². The van der Waals surface area contributed by atoms with Gasteiger partial charge in [0, 0.05) is 27.2 Å². The fourth-order valence-electron chi connectivity index (χ4n) is 1.42. The van der Waals surface area contributed by atoms with Crippen molar-refractivity contribution in [2.24, 2.45) is 0 Å². The van der Waals surface area contributed by atoms with Crippen molar-refractivity contribution in [3.05, 3.63) is 0 Å². The molecule has 1 aromatic rings. The van der Waals surface area contributed by atoms with Gasteiger partial charge in [-0.25, -0.2) is 0 Å². The lowest BCUT2D eigenvalue weighted by atomic mass is 10.5. The van der Waals surface area contributed by atoms with E-state index in [1.165, 1.54) is 0 Å². The van der Waals surface area contributed by atoms with Crippen LogP contribution in [0.2, 0.25) is 0 Å². The molecule has 0 fully saturated rings. The van der Waals surface area contributed by atoms with E-state index in [4.69, 9.17) is 9.47 Å². The minimum atomic E-state index is 0.361. The average Bonchev–Trinajstić information content (AvgIpc) is 2.48. The van der Waals surface area contributed by atoms with E-state index >= 15 is 0 Å². The number of methoxy groups -OCH3 is 1. The van der Waals surface area contributed by atoms with Gasteiger partial charge < -0.3 is 19.7 Å². The van der Waals surface area contributed by atoms with Gasteiger partial charge in [-0.3, -0.25) is 0 Å². The number of anilines is 2. The molecule has 7 nitrogen and oxygen atoms in total. The molecule has 0 saturated heterocycles. The second-order valence-electron chi connectivity index (χ2n) is 4.43. The van der Waals surface area contributed by atoms with Gasteiger partial charge >= 0.3 is 6.01 Å². The third-order valence-electron chi connectivity index (χ3n) is 2.54. The van der Waals surface area contributed by atoms with Crippen LogP contribution < -0.4 is 15.0 Å². The molecule has 114 valence electrons. The SMILES string of the molecule is CCCNc1nc(OCCC)nc(N(C)CCOC)n1. The molecule has 0 spiro atoms. The number of aromatic nitrogens is 3. The van der Waals surface area contributed by atoms with E-state index in [0.29, 0.717) is 37.7 Å². The van der Waals surface area contributed by atoms with Gasteiger partial charge in [0.1, 0.15) is 0 Å². The van der Waals surface area contributed by atoms with Gasteiger partial charge in [0.2, 0.25) is 11.9 Å². The molecule has 0 radical (unpaired) electrons. The first kappa shape index (κ1) is 16.4. The van der Waals surface area contributed by atoms with Crippen LogP contribution in [0.15, 0.2) is 0 Å². The first-order valence-corrected chi connectivity index (χ1v) is 7.04. The molecule has 0 aliphatic carbocycles. The molecule has 0 saturated carbocycles. The van der Waals surface area contributed by atoms with Crippen molar-refractivity contribution in [3.63, 3.8) is 0 Å². The standard InChI is InChI=1S/C13H25N5O2/c1-5-7-14-11-15-12(18(3)8-10-19-4)17-13(16-11)20-9-6-2/h5-10H2,1-4H3,(H,14,15,16,17). The van der Waals surface area contributed by atoms with Crippen molar-refractivity contribution in [1.82, 2.24) is 15.0 Å². The Morgan fingerprint density at radius 1 is 1.10 bits per heavy atom. The summed E-state index contributed by atoms with van der Waals surface area (Å²) >= 11 is 0. The summed E-state index contributed by atoms with van der Waals surface area (Å²) in [6, 6.07) is 0.361. The number of rotatable bonds is 10. The highest BCUT2D eigenvalue weighted by molar-refractivity contribution is 5.37. The van der Waals surface area contributed by atoms with Crippen LogP contribution in [0.3, 0.4) is 0 Å². The van der Waals surface area contributed by atoms with Crippen LogP contribution in [0.1, 0.15) is 26.7 Å². The van der Waals surface area contributed by atoms with Crippen LogP contribution in [-0.2, 0) is 4.74 Å². The molecular formula is C13H25N5O2. The van der Waals surface area contributed by atoms with Crippen molar-refractivity contribution in [2.45, 2.75) is 26.7 Å². The summed E-state index contributed by atoms with van der Waals surface area (Å²) in [6.07, 6.45) is 1.92. The Hall–Kier alpha value is -1.63. The molecule has 0 atom stereocenters. The molecular weight excluding hydrogens is 258 g/mol. The predicted molar refractivity (Wildman–Crippen MR) is 79.5 cm³/mol. The smallest absolute Gasteiger partial charge is 0.323 e. The molecule has 0 aliphatic heterocycles. The maximum absolute atomic E-state index is 5.51. The number of likely N-dealkylation sites (N-methyl/N-ethyl adjacent to an activating group) is 1. The first-order chi connectivity index (χ1) is 9.71. The van der Waals surface area contributed by atoms with Crippen molar-refractivity contribution >= 4 is 11.9 Å². The number of nitrogens with zero attached hydrogens (tertiary/aromatic N) is 4. The number of hydrogen-bond acceptors (Lipinski definition) is 7. The fraction of sp³-hybridized carbons (Fsp3) is 0.769. The quantitative estimate of drug-likeness (QED) is 0.698. The first-order valence-electron chi connectivity index (χ1n) is 7.04. The topological polar surface area (TPSA) is 72.4 Å². The molecule has 1 heterocycles. The summed E-state index contributed by atoms with van der Waals surface area (Å²) in [4.78, 5) is 14.9. The van der Waals surface area contributed by atoms with Crippen molar-refractivity contribution in [3.8, 4) is 6.01 Å². The van der Waals surface area contributed by atoms with Gasteiger partial charge in [-0.2, -0.15) is 15.0 Å². The second kappa shape index (κ2) is 9.30. The van der Waals surface area contributed by atoms with Gasteiger partial charge in [-0.15, -0.1) is 0 Å². The van der Waals surface area contributed by atoms with Crippen LogP contribution in [0, 0.1) is 0 Å². The van der Waals surface area contributed by atoms with Gasteiger partial charge in [0.15, 0.2) is 0 Å². The Morgan fingerprint density at radius 2 is 1.90 bits per heavy atom. The zero-order chi connectivity index (χ0) is 14.8. The van der Waals surface area contributed by atoms with Gasteiger partial charge in [0.05, 0.1) is 13.2 Å². The summed E-state index contributed by atoms with van der Waals surface area (Å²) in [5.41, 5.74) is 0. The number of nitrogens with one attached hydrogen (secondary N) is 1. The highest BCUT2D eigenvalue weighted by Crippen LogP contribution is 2.14. The molecule has 0 amide bonds. The molecule has 1 rings (SSSR count). The molecule has 0 aliphatic rings. The summed E-state index contributed by atoms with van der Waals surface area (Å²) in [5.74, 6) is 1.13. The number of ether oxygens (including phenoxy) is 2. The average molecular weight is 283 g/mol. The molecule has 1 N–H and O–H groups in total. The summed E-state index contributed by atoms with van der Waals surface area (Å²) in [6.45, 7) is 6.88. The third kappa shape index (κ3) is 5.56. The van der Waals surface area contributed by atoms with Crippen molar-refractivity contribution in [1.29, 1.82) is 0 Å². The Bertz CT molecular complexity index is 363. The Morgan fingerprint density at radius 3 is 2.55 bits per heavy atom. The predicted octanol–water partition coefficient (Wildman–Crippen LogP) is 1.56. The van der Waals surface area contributed by atoms with Gasteiger partial charge in [0.25, 0.3) is 0 Å². The third-order valence-corrected chi connectivity index (χ3v) is 2.54. The van der Waals surface area contributed by atoms with Crippen LogP contribution in [0.4, 0.5) is 11.9 Å². The molecule has 7 heteroatoms. The fourth-order valence-corrected chi connectivity index (χ4v) is 1.42. The van der Waals surface area contributed by atoms with E-state index in [-0.39, 0.29) is 0 Å². The lowest BCUT2D eigenvalue weighted by molar-refractivity contribution is 0.206. The van der Waals surface area contributed by atoms with E-state index < -0.39 is 0 Å². The van der Waals surface area contributed by atoms with Crippen LogP contribution in [0.25, 0.3) is 0 Å². The molecule has 1 aromatic heterocycles. The highest BCUT2D eigenvalue weighted by Gasteiger charge is 2.11. The minimum Gasteiger partial charge on any atom is -0.463 e.